The Morgan fingerprint density at radius 3 is 1.36 bits per heavy atom. The zero-order chi connectivity index (χ0) is 41.3. The van der Waals surface area contributed by atoms with Crippen LogP contribution in [0.1, 0.15) is 226 Å². The lowest BCUT2D eigenvalue weighted by molar-refractivity contribution is -0.870. The van der Waals surface area contributed by atoms with E-state index in [0.717, 1.165) is 32.1 Å². The molecule has 0 aliphatic heterocycles. The average molecular weight is 817 g/mol. The number of hydrogen-bond donors (Lipinski definition) is 1. The van der Waals surface area contributed by atoms with Crippen molar-refractivity contribution in [2.24, 2.45) is 0 Å². The van der Waals surface area contributed by atoms with Crippen LogP contribution in [-0.2, 0) is 27.9 Å². The molecule has 0 bridgehead atoms. The molecule has 334 valence electrons. The van der Waals surface area contributed by atoms with E-state index in [1.807, 2.05) is 21.1 Å². The first kappa shape index (κ1) is 55.2. The maximum Gasteiger partial charge on any atom is 0.472 e. The molecule has 9 heteroatoms. The molecule has 0 saturated carbocycles. The number of likely N-dealkylation sites (N-methyl/N-ethyl adjacent to an activating group) is 1. The fourth-order valence-corrected chi connectivity index (χ4v) is 7.58. The lowest BCUT2D eigenvalue weighted by atomic mass is 10.0. The molecule has 8 nitrogen and oxygen atoms in total. The molecule has 0 aromatic heterocycles. The lowest BCUT2D eigenvalue weighted by Crippen LogP contribution is -2.37. The van der Waals surface area contributed by atoms with Crippen LogP contribution < -0.4 is 0 Å². The Labute approximate surface area is 348 Å². The number of esters is 1. The zero-order valence-electron chi connectivity index (χ0n) is 37.9. The average Bonchev–Trinajstić information content (AvgIpc) is 3.15. The second-order valence-corrected chi connectivity index (χ2v) is 19.0. The molecule has 56 heavy (non-hydrogen) atoms. The molecule has 2 atom stereocenters. The van der Waals surface area contributed by atoms with Gasteiger partial charge in [-0.25, -0.2) is 4.57 Å². The monoisotopic (exact) mass is 817 g/mol. The van der Waals surface area contributed by atoms with Gasteiger partial charge in [0, 0.05) is 13.0 Å². The van der Waals surface area contributed by atoms with Gasteiger partial charge in [-0.1, -0.05) is 193 Å². The molecule has 0 radical (unpaired) electrons. The number of quaternary nitrogens is 1. The van der Waals surface area contributed by atoms with Crippen LogP contribution in [0, 0.1) is 0 Å². The van der Waals surface area contributed by atoms with Gasteiger partial charge in [0.1, 0.15) is 19.3 Å². The van der Waals surface area contributed by atoms with Crippen LogP contribution in [0.2, 0.25) is 0 Å². The van der Waals surface area contributed by atoms with E-state index in [-0.39, 0.29) is 25.8 Å². The van der Waals surface area contributed by atoms with Crippen LogP contribution in [0.5, 0.6) is 0 Å². The molecule has 1 N–H and O–H groups in total. The van der Waals surface area contributed by atoms with Gasteiger partial charge in [-0.2, -0.15) is 0 Å². The maximum absolute atomic E-state index is 12.7. The molecule has 0 aliphatic rings. The molecular weight excluding hydrogens is 721 g/mol. The Bertz CT molecular complexity index is 909. The van der Waals surface area contributed by atoms with Crippen LogP contribution >= 0.6 is 7.82 Å². The SMILES string of the molecule is CCCCCCCC/C=C\CCCCCCCCCCOCC(COP(=O)(O)OCC[N+](C)(C)C)OC(=O)CCCCCCCCCCCCCCCCCC. The number of hydrogen-bond acceptors (Lipinski definition) is 6. The Balaban J connectivity index is 4.16. The first-order chi connectivity index (χ1) is 27.1. The fourth-order valence-electron chi connectivity index (χ4n) is 6.84. The minimum Gasteiger partial charge on any atom is -0.457 e. The third kappa shape index (κ3) is 44.3. The second-order valence-electron chi connectivity index (χ2n) is 17.5. The van der Waals surface area contributed by atoms with Crippen molar-refractivity contribution in [1.29, 1.82) is 0 Å². The van der Waals surface area contributed by atoms with Crippen molar-refractivity contribution in [1.82, 2.24) is 0 Å². The minimum atomic E-state index is -4.27. The topological polar surface area (TPSA) is 91.3 Å². The third-order valence-electron chi connectivity index (χ3n) is 10.6. The van der Waals surface area contributed by atoms with E-state index in [2.05, 4.69) is 26.0 Å². The Hall–Kier alpha value is -0.760. The number of carbonyl (C=O) groups is 1. The molecule has 0 amide bonds. The first-order valence-corrected chi connectivity index (χ1v) is 25.4. The molecule has 0 aliphatic carbocycles. The highest BCUT2D eigenvalue weighted by molar-refractivity contribution is 7.47. The van der Waals surface area contributed by atoms with Crippen molar-refractivity contribution in [2.75, 3.05) is 54.1 Å². The number of carbonyl (C=O) groups excluding carboxylic acids is 1. The van der Waals surface area contributed by atoms with E-state index in [1.54, 1.807) is 0 Å². The number of allylic oxidation sites excluding steroid dienone is 2. The van der Waals surface area contributed by atoms with Crippen molar-refractivity contribution >= 4 is 13.8 Å². The van der Waals surface area contributed by atoms with E-state index in [9.17, 15) is 14.3 Å². The summed E-state index contributed by atoms with van der Waals surface area (Å²) in [5, 5.41) is 0. The van der Waals surface area contributed by atoms with Gasteiger partial charge in [-0.05, 0) is 38.5 Å². The summed E-state index contributed by atoms with van der Waals surface area (Å²) in [6.07, 6.45) is 45.3. The Morgan fingerprint density at radius 1 is 0.536 bits per heavy atom. The number of phosphoric acid groups is 1. The number of phosphoric ester groups is 1. The summed E-state index contributed by atoms with van der Waals surface area (Å²) in [6, 6.07) is 0. The molecule has 2 unspecified atom stereocenters. The van der Waals surface area contributed by atoms with E-state index in [4.69, 9.17) is 18.5 Å². The van der Waals surface area contributed by atoms with Crippen molar-refractivity contribution in [3.8, 4) is 0 Å². The van der Waals surface area contributed by atoms with E-state index in [1.165, 1.54) is 173 Å². The highest BCUT2D eigenvalue weighted by atomic mass is 31.2. The van der Waals surface area contributed by atoms with Crippen molar-refractivity contribution in [3.63, 3.8) is 0 Å². The minimum absolute atomic E-state index is 0.0915. The molecule has 0 spiro atoms. The van der Waals surface area contributed by atoms with Crippen molar-refractivity contribution in [2.45, 2.75) is 232 Å². The summed E-state index contributed by atoms with van der Waals surface area (Å²) >= 11 is 0. The predicted molar refractivity (Wildman–Crippen MR) is 238 cm³/mol. The van der Waals surface area contributed by atoms with Crippen molar-refractivity contribution in [3.05, 3.63) is 12.2 Å². The van der Waals surface area contributed by atoms with Crippen LogP contribution in [0.4, 0.5) is 0 Å². The van der Waals surface area contributed by atoms with Gasteiger partial charge in [-0.15, -0.1) is 0 Å². The normalized spacial score (nSPS) is 13.8. The van der Waals surface area contributed by atoms with Gasteiger partial charge in [0.15, 0.2) is 0 Å². The van der Waals surface area contributed by atoms with Gasteiger partial charge in [-0.3, -0.25) is 13.8 Å². The van der Waals surface area contributed by atoms with Gasteiger partial charge < -0.3 is 18.9 Å². The second kappa shape index (κ2) is 41.0. The number of nitrogens with zero attached hydrogens (tertiary/aromatic N) is 1. The smallest absolute Gasteiger partial charge is 0.457 e. The van der Waals surface area contributed by atoms with Gasteiger partial charge >= 0.3 is 13.8 Å². The zero-order valence-corrected chi connectivity index (χ0v) is 38.8. The highest BCUT2D eigenvalue weighted by Gasteiger charge is 2.26. The van der Waals surface area contributed by atoms with Gasteiger partial charge in [0.25, 0.3) is 0 Å². The van der Waals surface area contributed by atoms with Crippen LogP contribution in [-0.4, -0.2) is 75.6 Å². The Morgan fingerprint density at radius 2 is 0.929 bits per heavy atom. The van der Waals surface area contributed by atoms with E-state index in [0.29, 0.717) is 24.1 Å². The molecule has 0 rings (SSSR count). The van der Waals surface area contributed by atoms with E-state index >= 15 is 0 Å². The van der Waals surface area contributed by atoms with Crippen LogP contribution in [0.3, 0.4) is 0 Å². The third-order valence-corrected chi connectivity index (χ3v) is 11.6. The largest absolute Gasteiger partial charge is 0.472 e. The molecule has 0 heterocycles. The maximum atomic E-state index is 12.7. The summed E-state index contributed by atoms with van der Waals surface area (Å²) < 4.78 is 35.1. The van der Waals surface area contributed by atoms with E-state index < -0.39 is 13.9 Å². The summed E-state index contributed by atoms with van der Waals surface area (Å²) in [7, 11) is 1.68. The van der Waals surface area contributed by atoms with Crippen LogP contribution in [0.25, 0.3) is 0 Å². The predicted octanol–water partition coefficient (Wildman–Crippen LogP) is 14.2. The molecule has 0 aromatic carbocycles. The summed E-state index contributed by atoms with van der Waals surface area (Å²) in [4.78, 5) is 22.9. The molecule has 0 fully saturated rings. The molecular formula is C47H95NO7P+. The molecule has 0 saturated heterocycles. The Kier molecular flexibility index (Phi) is 40.4. The molecule has 0 aromatic rings. The quantitative estimate of drug-likeness (QED) is 0.0215. The summed E-state index contributed by atoms with van der Waals surface area (Å²) in [5.41, 5.74) is 0. The van der Waals surface area contributed by atoms with Gasteiger partial charge in [0.2, 0.25) is 0 Å². The lowest BCUT2D eigenvalue weighted by Gasteiger charge is -2.24. The van der Waals surface area contributed by atoms with Crippen LogP contribution in [0.15, 0.2) is 12.2 Å². The summed E-state index contributed by atoms with van der Waals surface area (Å²) in [6.45, 7) is 5.66. The summed E-state index contributed by atoms with van der Waals surface area (Å²) in [5.74, 6) is -0.310. The number of rotatable bonds is 45. The number of ether oxygens (including phenoxy) is 2. The standard InChI is InChI=1S/C47H94NO7P/c1-6-8-10-12-14-16-18-20-22-24-25-27-29-31-33-35-37-39-42-52-44-46(45-54-56(50,51)53-43-41-48(3,4)5)55-47(49)40-38-36-34-32-30-28-26-23-21-19-17-15-13-11-9-7-2/h20,22,46H,6-19,21,23-45H2,1-5H3/p+1/b22-20-. The first-order valence-electron chi connectivity index (χ1n) is 23.9. The number of unbranched alkanes of at least 4 members (excludes halogenated alkanes) is 29. The highest BCUT2D eigenvalue weighted by Crippen LogP contribution is 2.43. The van der Waals surface area contributed by atoms with Gasteiger partial charge in [0.05, 0.1) is 34.4 Å². The van der Waals surface area contributed by atoms with Crippen molar-refractivity contribution < 1.29 is 37.3 Å². The fraction of sp³-hybridized carbons (Fsp3) is 0.936.